The zero-order chi connectivity index (χ0) is 13.6. The van der Waals surface area contributed by atoms with Crippen LogP contribution in [0.4, 0.5) is 0 Å². The van der Waals surface area contributed by atoms with Crippen LogP contribution in [0.1, 0.15) is 51.0 Å². The van der Waals surface area contributed by atoms with E-state index in [2.05, 4.69) is 42.3 Å². The van der Waals surface area contributed by atoms with Crippen molar-refractivity contribution < 1.29 is 0 Å². The summed E-state index contributed by atoms with van der Waals surface area (Å²) < 4.78 is 0.338. The van der Waals surface area contributed by atoms with E-state index in [9.17, 15) is 0 Å². The maximum Gasteiger partial charge on any atom is 0.0782 e. The molecule has 18 heavy (non-hydrogen) atoms. The molecule has 0 fully saturated rings. The van der Waals surface area contributed by atoms with E-state index in [-0.39, 0.29) is 6.04 Å². The molecule has 0 amide bonds. The third-order valence-electron chi connectivity index (χ3n) is 3.78. The molecule has 1 atom stereocenters. The van der Waals surface area contributed by atoms with Crippen LogP contribution in [-0.4, -0.2) is 27.5 Å². The van der Waals surface area contributed by atoms with Gasteiger partial charge in [0.1, 0.15) is 0 Å². The van der Waals surface area contributed by atoms with Crippen LogP contribution in [0, 0.1) is 6.92 Å². The molecule has 0 aliphatic heterocycles. The van der Waals surface area contributed by atoms with Gasteiger partial charge in [0, 0.05) is 29.7 Å². The lowest BCUT2D eigenvalue weighted by Crippen LogP contribution is -2.38. The summed E-state index contributed by atoms with van der Waals surface area (Å²) in [5, 5.41) is 3.61. The van der Waals surface area contributed by atoms with Crippen molar-refractivity contribution in [2.45, 2.75) is 51.3 Å². The molecule has 0 aromatic carbocycles. The fourth-order valence-corrected chi connectivity index (χ4v) is 2.95. The van der Waals surface area contributed by atoms with E-state index >= 15 is 0 Å². The molecule has 0 saturated carbocycles. The molecule has 0 spiro atoms. The van der Waals surface area contributed by atoms with Crippen molar-refractivity contribution in [1.29, 1.82) is 0 Å². The first kappa shape index (κ1) is 15.4. The Morgan fingerprint density at radius 3 is 2.39 bits per heavy atom. The van der Waals surface area contributed by atoms with Crippen LogP contribution in [0.2, 0.25) is 0 Å². The highest BCUT2D eigenvalue weighted by Gasteiger charge is 2.25. The Bertz CT molecular complexity index is 356. The Hall–Kier alpha value is -0.610. The maximum absolute atomic E-state index is 4.42. The summed E-state index contributed by atoms with van der Waals surface area (Å²) in [4.78, 5) is 8.72. The molecule has 1 aromatic rings. The Morgan fingerprint density at radius 2 is 1.89 bits per heavy atom. The Labute approximate surface area is 115 Å². The van der Waals surface area contributed by atoms with Crippen molar-refractivity contribution in [2.75, 3.05) is 12.8 Å². The standard InChI is InChI=1S/C14H25N3S/c1-6-14(7-2,18-5)10-17-12(4)13-11(3)15-8-9-16-13/h8-9,12,17H,6-7,10H2,1-5H3. The first-order valence-corrected chi connectivity index (χ1v) is 7.87. The summed E-state index contributed by atoms with van der Waals surface area (Å²) in [5.74, 6) is 0. The van der Waals surface area contributed by atoms with Crippen molar-refractivity contribution >= 4 is 11.8 Å². The van der Waals surface area contributed by atoms with E-state index in [1.165, 1.54) is 12.8 Å². The van der Waals surface area contributed by atoms with Gasteiger partial charge in [-0.3, -0.25) is 9.97 Å². The maximum atomic E-state index is 4.42. The number of aromatic nitrogens is 2. The van der Waals surface area contributed by atoms with Crippen LogP contribution >= 0.6 is 11.8 Å². The summed E-state index contributed by atoms with van der Waals surface area (Å²) >= 11 is 1.96. The van der Waals surface area contributed by atoms with Gasteiger partial charge >= 0.3 is 0 Å². The Balaban J connectivity index is 2.66. The van der Waals surface area contributed by atoms with Crippen LogP contribution in [0.3, 0.4) is 0 Å². The molecule has 0 aliphatic rings. The fourth-order valence-electron chi connectivity index (χ4n) is 2.14. The lowest BCUT2D eigenvalue weighted by molar-refractivity contribution is 0.453. The predicted octanol–water partition coefficient (Wildman–Crippen LogP) is 3.36. The molecule has 1 unspecified atom stereocenters. The molecule has 102 valence electrons. The number of hydrogen-bond acceptors (Lipinski definition) is 4. The molecule has 0 bridgehead atoms. The summed E-state index contributed by atoms with van der Waals surface area (Å²) in [6.07, 6.45) is 8.08. The molecule has 0 aliphatic carbocycles. The van der Waals surface area contributed by atoms with E-state index in [0.29, 0.717) is 4.75 Å². The van der Waals surface area contributed by atoms with Crippen molar-refractivity contribution in [3.05, 3.63) is 23.8 Å². The molecular weight excluding hydrogens is 242 g/mol. The highest BCUT2D eigenvalue weighted by Crippen LogP contribution is 2.30. The topological polar surface area (TPSA) is 37.8 Å². The zero-order valence-corrected chi connectivity index (χ0v) is 13.0. The summed E-state index contributed by atoms with van der Waals surface area (Å²) in [6, 6.07) is 0.253. The first-order valence-electron chi connectivity index (χ1n) is 6.64. The van der Waals surface area contributed by atoms with Gasteiger partial charge in [-0.25, -0.2) is 0 Å². The Morgan fingerprint density at radius 1 is 1.28 bits per heavy atom. The quantitative estimate of drug-likeness (QED) is 0.822. The molecule has 4 heteroatoms. The number of rotatable bonds is 7. The average molecular weight is 267 g/mol. The third-order valence-corrected chi connectivity index (χ3v) is 5.37. The fraction of sp³-hybridized carbons (Fsp3) is 0.714. The van der Waals surface area contributed by atoms with Gasteiger partial charge in [0.2, 0.25) is 0 Å². The number of hydrogen-bond donors (Lipinski definition) is 1. The molecule has 0 saturated heterocycles. The second-order valence-corrected chi connectivity index (χ2v) is 6.00. The molecule has 3 nitrogen and oxygen atoms in total. The van der Waals surface area contributed by atoms with Crippen LogP contribution in [0.5, 0.6) is 0 Å². The normalized spacial score (nSPS) is 13.6. The molecule has 1 rings (SSSR count). The van der Waals surface area contributed by atoms with Crippen molar-refractivity contribution in [1.82, 2.24) is 15.3 Å². The number of thioether (sulfide) groups is 1. The van der Waals surface area contributed by atoms with Crippen LogP contribution in [0.25, 0.3) is 0 Å². The van der Waals surface area contributed by atoms with Crippen LogP contribution in [-0.2, 0) is 0 Å². The minimum absolute atomic E-state index is 0.253. The Kier molecular flexibility index (Phi) is 6.09. The highest BCUT2D eigenvalue weighted by molar-refractivity contribution is 8.00. The zero-order valence-electron chi connectivity index (χ0n) is 12.2. The van der Waals surface area contributed by atoms with E-state index in [0.717, 1.165) is 17.9 Å². The van der Waals surface area contributed by atoms with Crippen molar-refractivity contribution in [3.8, 4) is 0 Å². The van der Waals surface area contributed by atoms with Gasteiger partial charge in [-0.05, 0) is 32.9 Å². The van der Waals surface area contributed by atoms with Gasteiger partial charge in [0.15, 0.2) is 0 Å². The van der Waals surface area contributed by atoms with E-state index in [4.69, 9.17) is 0 Å². The minimum atomic E-state index is 0.253. The summed E-state index contributed by atoms with van der Waals surface area (Å²) in [7, 11) is 0. The van der Waals surface area contributed by atoms with Gasteiger partial charge in [-0.2, -0.15) is 11.8 Å². The van der Waals surface area contributed by atoms with Crippen molar-refractivity contribution in [3.63, 3.8) is 0 Å². The molecule has 0 radical (unpaired) electrons. The van der Waals surface area contributed by atoms with Gasteiger partial charge in [0.05, 0.1) is 11.4 Å². The molecule has 1 N–H and O–H groups in total. The van der Waals surface area contributed by atoms with Crippen molar-refractivity contribution in [2.24, 2.45) is 0 Å². The third kappa shape index (κ3) is 3.69. The van der Waals surface area contributed by atoms with Gasteiger partial charge in [-0.1, -0.05) is 13.8 Å². The van der Waals surface area contributed by atoms with Gasteiger partial charge < -0.3 is 5.32 Å². The average Bonchev–Trinajstić information content (AvgIpc) is 2.41. The van der Waals surface area contributed by atoms with E-state index in [1.807, 2.05) is 18.7 Å². The summed E-state index contributed by atoms with van der Waals surface area (Å²) in [6.45, 7) is 9.72. The number of nitrogens with one attached hydrogen (secondary N) is 1. The van der Waals surface area contributed by atoms with Crippen LogP contribution < -0.4 is 5.32 Å². The molecular formula is C14H25N3S. The summed E-state index contributed by atoms with van der Waals surface area (Å²) in [5.41, 5.74) is 2.07. The van der Waals surface area contributed by atoms with Gasteiger partial charge in [0.25, 0.3) is 0 Å². The molecule has 1 aromatic heterocycles. The second kappa shape index (κ2) is 7.10. The van der Waals surface area contributed by atoms with E-state index in [1.54, 1.807) is 12.4 Å². The predicted molar refractivity (Wildman–Crippen MR) is 80.0 cm³/mol. The smallest absolute Gasteiger partial charge is 0.0782 e. The highest BCUT2D eigenvalue weighted by atomic mass is 32.2. The lowest BCUT2D eigenvalue weighted by Gasteiger charge is -2.31. The largest absolute Gasteiger partial charge is 0.307 e. The number of nitrogens with zero attached hydrogens (tertiary/aromatic N) is 2. The SMILES string of the molecule is CCC(CC)(CNC(C)c1nccnc1C)SC. The minimum Gasteiger partial charge on any atom is -0.307 e. The number of aryl methyl sites for hydroxylation is 1. The lowest BCUT2D eigenvalue weighted by atomic mass is 10.0. The first-order chi connectivity index (χ1) is 8.58. The second-order valence-electron chi connectivity index (χ2n) is 4.72. The van der Waals surface area contributed by atoms with Crippen LogP contribution in [0.15, 0.2) is 12.4 Å². The molecule has 1 heterocycles. The monoisotopic (exact) mass is 267 g/mol. The van der Waals surface area contributed by atoms with E-state index < -0.39 is 0 Å². The van der Waals surface area contributed by atoms with Gasteiger partial charge in [-0.15, -0.1) is 0 Å².